The highest BCUT2D eigenvalue weighted by Gasteiger charge is 2.57. The van der Waals surface area contributed by atoms with Gasteiger partial charge in [-0.2, -0.15) is 0 Å². The second-order valence-electron chi connectivity index (χ2n) is 44.8. The molecule has 0 aromatic rings. The number of hydrogen-bond donors (Lipinski definition) is 0. The van der Waals surface area contributed by atoms with E-state index in [1.54, 1.807) is 0 Å². The molecule has 0 unspecified atom stereocenters. The molecule has 0 bridgehead atoms. The highest BCUT2D eigenvalue weighted by molar-refractivity contribution is 6.98. The summed E-state index contributed by atoms with van der Waals surface area (Å²) in [6, 6.07) is 1.81. The number of carbonyl (C=O) groups excluding carboxylic acids is 2. The summed E-state index contributed by atoms with van der Waals surface area (Å²) in [5, 5.41) is 0. The largest absolute Gasteiger partial charge is 0.513 e. The van der Waals surface area contributed by atoms with Crippen molar-refractivity contribution in [1.29, 1.82) is 0 Å². The fourth-order valence-electron chi connectivity index (χ4n) is 18.0. The van der Waals surface area contributed by atoms with Gasteiger partial charge in [0.1, 0.15) is 0 Å². The second kappa shape index (κ2) is 46.4. The van der Waals surface area contributed by atoms with Gasteiger partial charge < -0.3 is 121 Å². The van der Waals surface area contributed by atoms with Crippen molar-refractivity contribution >= 4 is 243 Å². The van der Waals surface area contributed by atoms with Crippen molar-refractivity contribution in [2.45, 2.75) is 398 Å². The molecular formula is C67H184O31Si27. The number of carbonyl (C=O) groups is 2. The first-order valence-electron chi connectivity index (χ1n) is 44.0. The zero-order valence-corrected chi connectivity index (χ0v) is 116. The number of esters is 1. The van der Waals surface area contributed by atoms with Gasteiger partial charge >= 0.3 is 226 Å². The van der Waals surface area contributed by atoms with Crippen molar-refractivity contribution in [3.63, 3.8) is 0 Å². The third-order valence-electron chi connectivity index (χ3n) is 16.1. The van der Waals surface area contributed by atoms with E-state index in [4.69, 9.17) is 116 Å². The molecule has 0 fully saturated rings. The Morgan fingerprint density at radius 1 is 0.200 bits per heavy atom. The van der Waals surface area contributed by atoms with Crippen molar-refractivity contribution in [2.75, 3.05) is 13.7 Å². The van der Waals surface area contributed by atoms with Crippen LogP contribution in [0.4, 0.5) is 4.79 Å². The van der Waals surface area contributed by atoms with E-state index in [-0.39, 0.29) is 12.6 Å². The van der Waals surface area contributed by atoms with E-state index in [0.717, 1.165) is 37.6 Å². The summed E-state index contributed by atoms with van der Waals surface area (Å²) in [7, 11) is -74.8. The molecule has 0 heterocycles. The topological polar surface area (TPSA) is 302 Å². The fourth-order valence-corrected chi connectivity index (χ4v) is 159. The van der Waals surface area contributed by atoms with E-state index in [1.807, 2.05) is 249 Å². The van der Waals surface area contributed by atoms with Gasteiger partial charge in [0.25, 0.3) is 0 Å². The van der Waals surface area contributed by atoms with Gasteiger partial charge in [0, 0.05) is 6.42 Å². The normalized spacial score (nSPS) is 15.5. The molecule has 125 heavy (non-hydrogen) atoms. The number of rotatable bonds is 63. The predicted molar refractivity (Wildman–Crippen MR) is 568 cm³/mol. The van der Waals surface area contributed by atoms with Gasteiger partial charge in [0.2, 0.25) is 0 Å². The lowest BCUT2D eigenvalue weighted by Gasteiger charge is -2.45. The van der Waals surface area contributed by atoms with Crippen LogP contribution in [0, 0.1) is 0 Å². The Morgan fingerprint density at radius 3 is 0.456 bits per heavy atom. The summed E-state index contributed by atoms with van der Waals surface area (Å²) in [6.45, 7) is 115. The Kier molecular flexibility index (Phi) is 47.6. The summed E-state index contributed by atoms with van der Waals surface area (Å²) in [5.41, 5.74) is 0. The SMILES string of the molecule is C=COC(=O)OCCCC[Si](C)(C)O[Si](C)(C)O[Si](C)(C)O[Si](C)(C)O[Si](C)(C)O[Si](C)(C)O[Si](C)(C)O[Si](C)(C)O[Si](C)(C)O[Si](C)(C)O[Si](C)(C)O[Si](C)(C)O[Si](C)(C)O[Si](C)(C)O[Si](C)(C)O[Si](C)(C)O[Si](C)(C)O[Si](C)(C)O[Si](C)(C)O[Si](C)(C)O[Si](C)(C)O[Si](C)(C)O[Si](C)(C)O[Si](C)(C)O[Si](C)(C)O[Si](C)(C)O[Si](C)(C)CCCCC(=O)OC. The minimum Gasteiger partial charge on any atom is -0.469 e. The van der Waals surface area contributed by atoms with Crippen LogP contribution in [-0.4, -0.2) is 256 Å². The molecule has 0 aliphatic rings. The monoisotopic (exact) mass is 2240 g/mol. The molecule has 0 aliphatic heterocycles. The lowest BCUT2D eigenvalue weighted by molar-refractivity contribution is -0.140. The maximum absolute atomic E-state index is 11.7. The molecule has 0 radical (unpaired) electrons. The molecule has 0 atom stereocenters. The molecule has 0 rings (SSSR count). The molecule has 0 N–H and O–H groups in total. The summed E-state index contributed by atoms with van der Waals surface area (Å²) in [5.74, 6) is -0.184. The lowest BCUT2D eigenvalue weighted by atomic mass is 10.2. The van der Waals surface area contributed by atoms with Gasteiger partial charge in [-0.15, -0.1) is 0 Å². The number of ether oxygens (including phenoxy) is 3. The predicted octanol–water partition coefficient (Wildman–Crippen LogP) is 22.8. The van der Waals surface area contributed by atoms with E-state index >= 15 is 0 Å². The minimum absolute atomic E-state index is 0.184. The lowest BCUT2D eigenvalue weighted by Crippen LogP contribution is -2.63. The molecular weight excluding hydrogens is 2060 g/mol. The Hall–Kier alpha value is 3.30. The first-order chi connectivity index (χ1) is 54.3. The molecule has 0 aromatic carbocycles. The van der Waals surface area contributed by atoms with Crippen molar-refractivity contribution < 1.29 is 131 Å². The van der Waals surface area contributed by atoms with Gasteiger partial charge in [0.05, 0.1) is 20.0 Å². The number of unbranched alkanes of at least 4 members (excludes halogenated alkanes) is 2. The van der Waals surface area contributed by atoms with Crippen LogP contribution in [0.2, 0.25) is 366 Å². The second-order valence-corrected chi connectivity index (χ2v) is 144. The zero-order valence-electron chi connectivity index (χ0n) is 89.1. The first kappa shape index (κ1) is 128. The highest BCUT2D eigenvalue weighted by atomic mass is 28.6. The molecule has 746 valence electrons. The molecule has 0 aromatic heterocycles. The van der Waals surface area contributed by atoms with E-state index in [9.17, 15) is 9.59 Å². The molecule has 0 saturated heterocycles. The Balaban J connectivity index is 5.90. The number of hydrogen-bond acceptors (Lipinski definition) is 31. The van der Waals surface area contributed by atoms with Gasteiger partial charge in [-0.05, 0) is 378 Å². The quantitative estimate of drug-likeness (QED) is 0.0236. The highest BCUT2D eigenvalue weighted by Crippen LogP contribution is 2.38. The molecule has 0 saturated carbocycles. The van der Waals surface area contributed by atoms with Crippen molar-refractivity contribution in [3.8, 4) is 0 Å². The third-order valence-corrected chi connectivity index (χ3v) is 122. The molecule has 0 amide bonds. The van der Waals surface area contributed by atoms with Crippen LogP contribution < -0.4 is 0 Å². The molecule has 58 heteroatoms. The number of methoxy groups -OCH3 is 1. The van der Waals surface area contributed by atoms with E-state index in [1.165, 1.54) is 7.11 Å². The standard InChI is InChI=1S/C67H184O31Si27/c1-57-71-67(69)72-63-59-61-65-100(5,6)74-102(9,10)76-104(13,14)78-106(17,18)80-108(21,22)82-110(25,26)84-112(29,30)86-114(33,34)88-116(37,38)90-118(41,42)92-120(45,46)94-122(49,50)96-124(53,54)98-125(55,56)97-123(51,52)95-121(47,48)93-119(43,44)91-117(39,40)89-115(35,36)87-113(31,32)85-111(27,28)83-109(23,24)81-107(19,20)79-105(15,16)77-103(11,12)75-101(7,8)73-99(3,4)64-60-58-62-66(68)70-2/h57H,1,58-65H2,2-56H3. The van der Waals surface area contributed by atoms with Crippen LogP contribution in [0.5, 0.6) is 0 Å². The fraction of sp³-hybridized carbons (Fsp3) is 0.940. The molecule has 0 aliphatic carbocycles. The first-order valence-corrected chi connectivity index (χ1v) is 121. The smallest absolute Gasteiger partial charge is 0.469 e. The van der Waals surface area contributed by atoms with Crippen molar-refractivity contribution in [1.82, 2.24) is 0 Å². The Morgan fingerprint density at radius 2 is 0.328 bits per heavy atom. The van der Waals surface area contributed by atoms with Crippen LogP contribution in [0.25, 0.3) is 0 Å². The van der Waals surface area contributed by atoms with Gasteiger partial charge in [0.15, 0.2) is 16.6 Å². The van der Waals surface area contributed by atoms with Crippen molar-refractivity contribution in [2.24, 2.45) is 0 Å². The maximum atomic E-state index is 11.7. The van der Waals surface area contributed by atoms with Crippen LogP contribution in [-0.2, 0) is 126 Å². The van der Waals surface area contributed by atoms with Crippen molar-refractivity contribution in [3.05, 3.63) is 12.8 Å². The van der Waals surface area contributed by atoms with Crippen LogP contribution in [0.3, 0.4) is 0 Å². The van der Waals surface area contributed by atoms with Crippen LogP contribution >= 0.6 is 0 Å². The molecule has 31 nitrogen and oxygen atoms in total. The summed E-state index contributed by atoms with van der Waals surface area (Å²) in [4.78, 5) is 23.2. The van der Waals surface area contributed by atoms with E-state index in [0.29, 0.717) is 12.8 Å². The Labute approximate surface area is 790 Å². The van der Waals surface area contributed by atoms with Crippen LogP contribution in [0.1, 0.15) is 32.1 Å². The summed E-state index contributed by atoms with van der Waals surface area (Å²) >= 11 is 0. The summed E-state index contributed by atoms with van der Waals surface area (Å²) in [6.07, 6.45) is 3.94. The van der Waals surface area contributed by atoms with Gasteiger partial charge in [-0.3, -0.25) is 4.79 Å². The van der Waals surface area contributed by atoms with Gasteiger partial charge in [-0.1, -0.05) is 19.4 Å². The van der Waals surface area contributed by atoms with E-state index < -0.39 is 237 Å². The average molecular weight is 2240 g/mol. The van der Waals surface area contributed by atoms with Crippen LogP contribution in [0.15, 0.2) is 12.8 Å². The van der Waals surface area contributed by atoms with Gasteiger partial charge in [-0.25, -0.2) is 4.79 Å². The Bertz CT molecular complexity index is 3320. The third kappa shape index (κ3) is 60.8. The zero-order chi connectivity index (χ0) is 99.5. The minimum atomic E-state index is -2.95. The van der Waals surface area contributed by atoms with E-state index in [2.05, 4.69) is 116 Å². The average Bonchev–Trinajstić information content (AvgIpc) is 0.797. The molecule has 0 spiro atoms. The summed E-state index contributed by atoms with van der Waals surface area (Å²) < 4.78 is 196. The maximum Gasteiger partial charge on any atom is 0.513 e.